The molecule has 0 saturated carbocycles. The van der Waals surface area contributed by atoms with Gasteiger partial charge in [0.1, 0.15) is 6.33 Å². The first-order valence-corrected chi connectivity index (χ1v) is 4.80. The van der Waals surface area contributed by atoms with Crippen molar-refractivity contribution < 1.29 is 9.90 Å². The third kappa shape index (κ3) is 4.03. The highest BCUT2D eigenvalue weighted by atomic mass is 16.4. The molecule has 0 radical (unpaired) electrons. The SMILES string of the molecule is CC(C)N(CC(=O)O)Cc1ccncn1. The Hall–Kier alpha value is -1.49. The maximum atomic E-state index is 10.6. The highest BCUT2D eigenvalue weighted by Crippen LogP contribution is 2.04. The molecule has 0 aliphatic heterocycles. The van der Waals surface area contributed by atoms with Gasteiger partial charge in [-0.15, -0.1) is 0 Å². The van der Waals surface area contributed by atoms with Crippen molar-refractivity contribution in [2.45, 2.75) is 26.4 Å². The summed E-state index contributed by atoms with van der Waals surface area (Å²) in [6.07, 6.45) is 3.12. The van der Waals surface area contributed by atoms with Gasteiger partial charge in [-0.3, -0.25) is 9.69 Å². The molecule has 0 aliphatic rings. The number of hydrogen-bond donors (Lipinski definition) is 1. The molecule has 0 spiro atoms. The Balaban J connectivity index is 2.63. The number of aliphatic carboxylic acids is 1. The highest BCUT2D eigenvalue weighted by Gasteiger charge is 2.13. The summed E-state index contributed by atoms with van der Waals surface area (Å²) >= 11 is 0. The fourth-order valence-corrected chi connectivity index (χ4v) is 1.21. The van der Waals surface area contributed by atoms with E-state index >= 15 is 0 Å². The van der Waals surface area contributed by atoms with E-state index in [9.17, 15) is 4.79 Å². The minimum atomic E-state index is -0.822. The van der Waals surface area contributed by atoms with Gasteiger partial charge >= 0.3 is 5.97 Å². The fourth-order valence-electron chi connectivity index (χ4n) is 1.21. The van der Waals surface area contributed by atoms with Gasteiger partial charge in [-0.05, 0) is 19.9 Å². The first kappa shape index (κ1) is 11.6. The van der Waals surface area contributed by atoms with E-state index in [4.69, 9.17) is 5.11 Å². The van der Waals surface area contributed by atoms with Gasteiger partial charge in [-0.2, -0.15) is 0 Å². The van der Waals surface area contributed by atoms with E-state index in [2.05, 4.69) is 9.97 Å². The van der Waals surface area contributed by atoms with Crippen LogP contribution >= 0.6 is 0 Å². The summed E-state index contributed by atoms with van der Waals surface area (Å²) in [7, 11) is 0. The van der Waals surface area contributed by atoms with E-state index in [1.54, 1.807) is 12.3 Å². The maximum absolute atomic E-state index is 10.6. The van der Waals surface area contributed by atoms with Gasteiger partial charge in [0.25, 0.3) is 0 Å². The van der Waals surface area contributed by atoms with Gasteiger partial charge in [0, 0.05) is 18.8 Å². The molecule has 0 aliphatic carbocycles. The zero-order chi connectivity index (χ0) is 11.3. The van der Waals surface area contributed by atoms with Crippen LogP contribution in [-0.2, 0) is 11.3 Å². The number of rotatable bonds is 5. The first-order chi connectivity index (χ1) is 7.09. The lowest BCUT2D eigenvalue weighted by molar-refractivity contribution is -0.138. The largest absolute Gasteiger partial charge is 0.480 e. The van der Waals surface area contributed by atoms with E-state index in [0.29, 0.717) is 6.54 Å². The van der Waals surface area contributed by atoms with Crippen LogP contribution in [0.2, 0.25) is 0 Å². The van der Waals surface area contributed by atoms with Crippen LogP contribution in [0.4, 0.5) is 0 Å². The summed E-state index contributed by atoms with van der Waals surface area (Å²) in [6.45, 7) is 4.49. The lowest BCUT2D eigenvalue weighted by Gasteiger charge is -2.23. The van der Waals surface area contributed by atoms with E-state index in [1.807, 2.05) is 18.7 Å². The van der Waals surface area contributed by atoms with Crippen molar-refractivity contribution in [3.05, 3.63) is 24.3 Å². The lowest BCUT2D eigenvalue weighted by Crippen LogP contribution is -2.35. The molecule has 0 unspecified atom stereocenters. The van der Waals surface area contributed by atoms with Crippen LogP contribution in [0.15, 0.2) is 18.6 Å². The topological polar surface area (TPSA) is 66.3 Å². The van der Waals surface area contributed by atoms with Crippen molar-refractivity contribution >= 4 is 5.97 Å². The van der Waals surface area contributed by atoms with Crippen LogP contribution in [0.5, 0.6) is 0 Å². The average Bonchev–Trinajstić information content (AvgIpc) is 2.17. The van der Waals surface area contributed by atoms with Gasteiger partial charge in [0.05, 0.1) is 12.2 Å². The number of aromatic nitrogens is 2. The summed E-state index contributed by atoms with van der Waals surface area (Å²) in [5, 5.41) is 8.74. The molecule has 5 heteroatoms. The third-order valence-electron chi connectivity index (χ3n) is 2.08. The molecule has 0 saturated heterocycles. The summed E-state index contributed by atoms with van der Waals surface area (Å²) < 4.78 is 0. The zero-order valence-corrected chi connectivity index (χ0v) is 8.92. The predicted octanol–water partition coefficient (Wildman–Crippen LogP) is 0.772. The van der Waals surface area contributed by atoms with E-state index in [0.717, 1.165) is 5.69 Å². The Kier molecular flexibility index (Phi) is 4.17. The maximum Gasteiger partial charge on any atom is 0.317 e. The molecule has 0 fully saturated rings. The van der Waals surface area contributed by atoms with E-state index < -0.39 is 5.97 Å². The lowest BCUT2D eigenvalue weighted by atomic mass is 10.3. The quantitative estimate of drug-likeness (QED) is 0.776. The Morgan fingerprint density at radius 1 is 1.60 bits per heavy atom. The summed E-state index contributed by atoms with van der Waals surface area (Å²) in [5.74, 6) is -0.822. The molecular formula is C10H15N3O2. The molecule has 0 aromatic carbocycles. The number of carboxylic acid groups (broad SMARTS) is 1. The summed E-state index contributed by atoms with van der Waals surface area (Å²) in [6, 6.07) is 1.97. The molecule has 0 amide bonds. The molecule has 0 atom stereocenters. The predicted molar refractivity (Wildman–Crippen MR) is 55.2 cm³/mol. The number of carboxylic acids is 1. The molecule has 1 heterocycles. The number of hydrogen-bond acceptors (Lipinski definition) is 4. The molecular weight excluding hydrogens is 194 g/mol. The van der Waals surface area contributed by atoms with Crippen molar-refractivity contribution in [2.75, 3.05) is 6.54 Å². The normalized spacial score (nSPS) is 10.9. The van der Waals surface area contributed by atoms with E-state index in [-0.39, 0.29) is 12.6 Å². The molecule has 5 nitrogen and oxygen atoms in total. The number of carbonyl (C=O) groups is 1. The standard InChI is InChI=1S/C10H15N3O2/c1-8(2)13(6-10(14)15)5-9-3-4-11-7-12-9/h3-4,7-8H,5-6H2,1-2H3,(H,14,15). The molecule has 1 N–H and O–H groups in total. The minimum Gasteiger partial charge on any atom is -0.480 e. The Labute approximate surface area is 88.8 Å². The average molecular weight is 209 g/mol. The van der Waals surface area contributed by atoms with Crippen LogP contribution in [0.1, 0.15) is 19.5 Å². The van der Waals surface area contributed by atoms with Gasteiger partial charge in [-0.25, -0.2) is 9.97 Å². The van der Waals surface area contributed by atoms with Crippen molar-refractivity contribution in [3.63, 3.8) is 0 Å². The monoisotopic (exact) mass is 209 g/mol. The van der Waals surface area contributed by atoms with Crippen LogP contribution < -0.4 is 0 Å². The van der Waals surface area contributed by atoms with Crippen LogP contribution in [0.25, 0.3) is 0 Å². The molecule has 15 heavy (non-hydrogen) atoms. The second-order valence-corrected chi connectivity index (χ2v) is 3.59. The smallest absolute Gasteiger partial charge is 0.317 e. The van der Waals surface area contributed by atoms with E-state index in [1.165, 1.54) is 6.33 Å². The second-order valence-electron chi connectivity index (χ2n) is 3.59. The molecule has 82 valence electrons. The summed E-state index contributed by atoms with van der Waals surface area (Å²) in [4.78, 5) is 20.3. The first-order valence-electron chi connectivity index (χ1n) is 4.80. The highest BCUT2D eigenvalue weighted by molar-refractivity contribution is 5.69. The number of nitrogens with zero attached hydrogens (tertiary/aromatic N) is 3. The molecule has 1 aromatic heterocycles. The van der Waals surface area contributed by atoms with Crippen LogP contribution in [0, 0.1) is 0 Å². The Morgan fingerprint density at radius 3 is 2.80 bits per heavy atom. The van der Waals surface area contributed by atoms with Crippen LogP contribution in [0.3, 0.4) is 0 Å². The Bertz CT molecular complexity index is 314. The fraction of sp³-hybridized carbons (Fsp3) is 0.500. The van der Waals surface area contributed by atoms with Crippen molar-refractivity contribution in [3.8, 4) is 0 Å². The third-order valence-corrected chi connectivity index (χ3v) is 2.08. The summed E-state index contributed by atoms with van der Waals surface area (Å²) in [5.41, 5.74) is 0.833. The van der Waals surface area contributed by atoms with Gasteiger partial charge in [-0.1, -0.05) is 0 Å². The zero-order valence-electron chi connectivity index (χ0n) is 8.92. The van der Waals surface area contributed by atoms with Gasteiger partial charge in [0.2, 0.25) is 0 Å². The molecule has 0 bridgehead atoms. The minimum absolute atomic E-state index is 0.0294. The second kappa shape index (κ2) is 5.41. The van der Waals surface area contributed by atoms with Gasteiger partial charge < -0.3 is 5.11 Å². The van der Waals surface area contributed by atoms with Crippen molar-refractivity contribution in [1.82, 2.24) is 14.9 Å². The molecule has 1 rings (SSSR count). The van der Waals surface area contributed by atoms with Gasteiger partial charge in [0.15, 0.2) is 0 Å². The molecule has 1 aromatic rings. The Morgan fingerprint density at radius 2 is 2.33 bits per heavy atom. The van der Waals surface area contributed by atoms with Crippen molar-refractivity contribution in [2.24, 2.45) is 0 Å². The van der Waals surface area contributed by atoms with Crippen molar-refractivity contribution in [1.29, 1.82) is 0 Å². The van der Waals surface area contributed by atoms with Crippen LogP contribution in [-0.4, -0.2) is 38.5 Å².